The van der Waals surface area contributed by atoms with Gasteiger partial charge in [0.25, 0.3) is 0 Å². The van der Waals surface area contributed by atoms with Crippen molar-refractivity contribution in [2.24, 2.45) is 0 Å². The molecule has 0 aliphatic rings. The van der Waals surface area contributed by atoms with Gasteiger partial charge in [-0.15, -0.1) is 5.10 Å². The minimum Gasteiger partial charge on any atom is -0.368 e. The van der Waals surface area contributed by atoms with Crippen LogP contribution in [0.3, 0.4) is 0 Å². The quantitative estimate of drug-likeness (QED) is 0.477. The SMILES string of the molecule is Cc1ccc(C)c(Nc2nncc(NCCc3c[nH]c4ccccc34)n2)c1. The molecule has 0 radical (unpaired) electrons. The maximum absolute atomic E-state index is 4.52. The maximum Gasteiger partial charge on any atom is 0.249 e. The number of aromatic amines is 1. The standard InChI is InChI=1S/C21H22N6/c1-14-7-8-15(2)19(11-14)25-21-26-20(13-24-27-21)22-10-9-16-12-23-18-6-4-3-5-17(16)18/h3-8,11-13,23H,9-10H2,1-2H3,(H2,22,25,26,27). The largest absolute Gasteiger partial charge is 0.368 e. The maximum atomic E-state index is 4.52. The monoisotopic (exact) mass is 358 g/mol. The molecule has 0 spiro atoms. The second-order valence-electron chi connectivity index (χ2n) is 6.64. The van der Waals surface area contributed by atoms with Gasteiger partial charge in [0.05, 0.1) is 6.20 Å². The first-order valence-electron chi connectivity index (χ1n) is 9.02. The minimum atomic E-state index is 0.487. The summed E-state index contributed by atoms with van der Waals surface area (Å²) >= 11 is 0. The van der Waals surface area contributed by atoms with Crippen LogP contribution in [0.2, 0.25) is 0 Å². The van der Waals surface area contributed by atoms with E-state index in [2.05, 4.69) is 87.2 Å². The molecule has 0 atom stereocenters. The molecule has 2 aromatic heterocycles. The van der Waals surface area contributed by atoms with Gasteiger partial charge in [-0.1, -0.05) is 30.3 Å². The number of H-pyrrole nitrogens is 1. The van der Waals surface area contributed by atoms with Crippen molar-refractivity contribution in [3.8, 4) is 0 Å². The van der Waals surface area contributed by atoms with Crippen molar-refractivity contribution in [2.75, 3.05) is 17.2 Å². The Morgan fingerprint density at radius 3 is 2.89 bits per heavy atom. The van der Waals surface area contributed by atoms with Crippen molar-refractivity contribution in [2.45, 2.75) is 20.3 Å². The number of aromatic nitrogens is 4. The van der Waals surface area contributed by atoms with Crippen LogP contribution < -0.4 is 10.6 Å². The van der Waals surface area contributed by atoms with Crippen LogP contribution in [0.5, 0.6) is 0 Å². The first-order chi connectivity index (χ1) is 13.2. The van der Waals surface area contributed by atoms with Crippen LogP contribution in [0.15, 0.2) is 54.9 Å². The summed E-state index contributed by atoms with van der Waals surface area (Å²) in [5.41, 5.74) is 5.77. The summed E-state index contributed by atoms with van der Waals surface area (Å²) in [6.45, 7) is 4.88. The van der Waals surface area contributed by atoms with E-state index < -0.39 is 0 Å². The van der Waals surface area contributed by atoms with Crippen LogP contribution >= 0.6 is 0 Å². The summed E-state index contributed by atoms with van der Waals surface area (Å²) in [5.74, 6) is 1.19. The van der Waals surface area contributed by atoms with Gasteiger partial charge in [0.15, 0.2) is 5.82 Å². The molecule has 0 bridgehead atoms. The van der Waals surface area contributed by atoms with E-state index in [1.54, 1.807) is 6.20 Å². The Morgan fingerprint density at radius 1 is 1.07 bits per heavy atom. The molecule has 0 saturated heterocycles. The molecule has 6 nitrogen and oxygen atoms in total. The Kier molecular flexibility index (Phi) is 4.70. The number of nitrogens with one attached hydrogen (secondary N) is 3. The number of anilines is 3. The van der Waals surface area contributed by atoms with Crippen molar-refractivity contribution in [1.29, 1.82) is 0 Å². The molecule has 6 heteroatoms. The van der Waals surface area contributed by atoms with Gasteiger partial charge in [0.1, 0.15) is 0 Å². The zero-order valence-corrected chi connectivity index (χ0v) is 15.5. The molecule has 136 valence electrons. The zero-order valence-electron chi connectivity index (χ0n) is 15.5. The Morgan fingerprint density at radius 2 is 1.96 bits per heavy atom. The lowest BCUT2D eigenvalue weighted by molar-refractivity contribution is 0.952. The van der Waals surface area contributed by atoms with Gasteiger partial charge in [0, 0.05) is 29.3 Å². The fourth-order valence-corrected chi connectivity index (χ4v) is 3.10. The number of fused-ring (bicyclic) bond motifs is 1. The van der Waals surface area contributed by atoms with E-state index >= 15 is 0 Å². The summed E-state index contributed by atoms with van der Waals surface area (Å²) in [7, 11) is 0. The predicted octanol–water partition coefficient (Wildman–Crippen LogP) is 4.37. The lowest BCUT2D eigenvalue weighted by Crippen LogP contribution is -2.09. The lowest BCUT2D eigenvalue weighted by Gasteiger charge is -2.10. The van der Waals surface area contributed by atoms with Crippen LogP contribution in [0.4, 0.5) is 17.5 Å². The number of para-hydroxylation sites is 1. The summed E-state index contributed by atoms with van der Waals surface area (Å²) in [6.07, 6.45) is 4.61. The average molecular weight is 358 g/mol. The molecule has 3 N–H and O–H groups in total. The third-order valence-electron chi connectivity index (χ3n) is 4.57. The molecule has 27 heavy (non-hydrogen) atoms. The van der Waals surface area contributed by atoms with Crippen molar-refractivity contribution in [1.82, 2.24) is 20.2 Å². The fourth-order valence-electron chi connectivity index (χ4n) is 3.10. The Labute approximate surface area is 158 Å². The van der Waals surface area contributed by atoms with Gasteiger partial charge in [-0.3, -0.25) is 0 Å². The van der Waals surface area contributed by atoms with Gasteiger partial charge >= 0.3 is 0 Å². The predicted molar refractivity (Wildman–Crippen MR) is 110 cm³/mol. The third kappa shape index (κ3) is 3.89. The average Bonchev–Trinajstić information content (AvgIpc) is 3.08. The van der Waals surface area contributed by atoms with Crippen molar-refractivity contribution in [3.63, 3.8) is 0 Å². The second kappa shape index (κ2) is 7.45. The molecule has 0 amide bonds. The van der Waals surface area contributed by atoms with E-state index in [9.17, 15) is 0 Å². The first kappa shape index (κ1) is 17.0. The van der Waals surface area contributed by atoms with E-state index in [0.29, 0.717) is 11.8 Å². The van der Waals surface area contributed by atoms with Crippen LogP contribution in [0.1, 0.15) is 16.7 Å². The van der Waals surface area contributed by atoms with Crippen molar-refractivity contribution < 1.29 is 0 Å². The fraction of sp³-hybridized carbons (Fsp3) is 0.190. The molecule has 0 aliphatic heterocycles. The number of hydrogen-bond donors (Lipinski definition) is 3. The summed E-state index contributed by atoms with van der Waals surface area (Å²) in [4.78, 5) is 7.82. The molecular formula is C21H22N6. The Bertz CT molecular complexity index is 1070. The number of aryl methyl sites for hydroxylation is 2. The summed E-state index contributed by atoms with van der Waals surface area (Å²) in [6, 6.07) is 14.6. The van der Waals surface area contributed by atoms with Gasteiger partial charge in [-0.05, 0) is 49.1 Å². The van der Waals surface area contributed by atoms with Crippen molar-refractivity contribution >= 4 is 28.4 Å². The van der Waals surface area contributed by atoms with E-state index in [-0.39, 0.29) is 0 Å². The summed E-state index contributed by atoms with van der Waals surface area (Å²) in [5, 5.41) is 16.0. The molecule has 0 fully saturated rings. The molecule has 4 aromatic rings. The van der Waals surface area contributed by atoms with Crippen LogP contribution in [0, 0.1) is 13.8 Å². The highest BCUT2D eigenvalue weighted by atomic mass is 15.3. The van der Waals surface area contributed by atoms with E-state index in [1.807, 2.05) is 6.07 Å². The number of benzene rings is 2. The summed E-state index contributed by atoms with van der Waals surface area (Å²) < 4.78 is 0. The first-order valence-corrected chi connectivity index (χ1v) is 9.02. The molecule has 2 heterocycles. The van der Waals surface area contributed by atoms with Gasteiger partial charge in [-0.25, -0.2) is 0 Å². The smallest absolute Gasteiger partial charge is 0.249 e. The highest BCUT2D eigenvalue weighted by Gasteiger charge is 2.05. The molecule has 0 saturated carbocycles. The topological polar surface area (TPSA) is 78.5 Å². The van der Waals surface area contributed by atoms with E-state index in [0.717, 1.165) is 29.7 Å². The molecule has 4 rings (SSSR count). The number of rotatable bonds is 6. The highest BCUT2D eigenvalue weighted by molar-refractivity contribution is 5.83. The Hall–Kier alpha value is -3.41. The lowest BCUT2D eigenvalue weighted by atomic mass is 10.1. The Balaban J connectivity index is 1.41. The van der Waals surface area contributed by atoms with Gasteiger partial charge in [-0.2, -0.15) is 10.1 Å². The molecule has 0 unspecified atom stereocenters. The second-order valence-corrected chi connectivity index (χ2v) is 6.64. The zero-order chi connectivity index (χ0) is 18.6. The molecule has 0 aliphatic carbocycles. The van der Waals surface area contributed by atoms with Gasteiger partial charge < -0.3 is 15.6 Å². The minimum absolute atomic E-state index is 0.487. The number of nitrogens with zero attached hydrogens (tertiary/aromatic N) is 3. The van der Waals surface area contributed by atoms with Crippen LogP contribution in [0.25, 0.3) is 10.9 Å². The van der Waals surface area contributed by atoms with Crippen LogP contribution in [-0.2, 0) is 6.42 Å². The molecular weight excluding hydrogens is 336 g/mol. The highest BCUT2D eigenvalue weighted by Crippen LogP contribution is 2.20. The van der Waals surface area contributed by atoms with Crippen molar-refractivity contribution in [3.05, 3.63) is 71.5 Å². The molecule has 2 aromatic carbocycles. The van der Waals surface area contributed by atoms with Gasteiger partial charge in [0.2, 0.25) is 5.95 Å². The van der Waals surface area contributed by atoms with Crippen LogP contribution in [-0.4, -0.2) is 26.7 Å². The van der Waals surface area contributed by atoms with E-state index in [1.165, 1.54) is 16.5 Å². The normalized spacial score (nSPS) is 10.9. The third-order valence-corrected chi connectivity index (χ3v) is 4.57. The number of hydrogen-bond acceptors (Lipinski definition) is 5. The van der Waals surface area contributed by atoms with E-state index in [4.69, 9.17) is 0 Å².